The molecule has 464 valence electrons. The number of nitrogens with one attached hydrogen (secondary N) is 3. The summed E-state index contributed by atoms with van der Waals surface area (Å²) in [7, 11) is 0. The van der Waals surface area contributed by atoms with Gasteiger partial charge in [-0.1, -0.05) is 30.9 Å². The number of carbonyl (C=O) groups is 6. The third-order valence-electron chi connectivity index (χ3n) is 13.3. The Labute approximate surface area is 491 Å². The van der Waals surface area contributed by atoms with E-state index in [0.717, 1.165) is 53.4 Å². The molecule has 87 heavy (non-hydrogen) atoms. The highest BCUT2D eigenvalue weighted by Crippen LogP contribution is 2.39. The number of benzene rings is 6. The summed E-state index contributed by atoms with van der Waals surface area (Å²) in [6, 6.07) is 20.8. The van der Waals surface area contributed by atoms with Crippen LogP contribution in [0.3, 0.4) is 0 Å². The number of carboxylic acid groups (broad SMARTS) is 1. The highest BCUT2D eigenvalue weighted by atomic mass is 19.3. The molecule has 1 aliphatic rings. The molecule has 4 amide bonds. The van der Waals surface area contributed by atoms with Crippen LogP contribution < -0.4 is 16.0 Å². The van der Waals surface area contributed by atoms with Gasteiger partial charge in [0.15, 0.2) is 0 Å². The smallest absolute Gasteiger partial charge is 0.382 e. The average molecular weight is 1230 g/mol. The lowest BCUT2D eigenvalue weighted by Gasteiger charge is -2.33. The Morgan fingerprint density at radius 3 is 1.30 bits per heavy atom. The number of hydrogen-bond donors (Lipinski definition) is 9. The number of halogens is 9. The number of hydrogen-bond acceptors (Lipinski definition) is 12. The maximum absolute atomic E-state index is 15.3. The fourth-order valence-corrected chi connectivity index (χ4v) is 8.47. The number of anilines is 3. The molecule has 1 heterocycles. The first-order chi connectivity index (χ1) is 40.8. The number of carboxylic acids is 1. The fraction of sp³-hybridized carbons (Fsp3) is 0.279. The van der Waals surface area contributed by atoms with E-state index in [1.807, 2.05) is 0 Å². The van der Waals surface area contributed by atoms with Crippen LogP contribution in [0.5, 0.6) is 0 Å². The second-order valence-electron chi connectivity index (χ2n) is 19.5. The van der Waals surface area contributed by atoms with Crippen molar-refractivity contribution < 1.29 is 104 Å². The molecule has 0 bridgehead atoms. The van der Waals surface area contributed by atoms with Crippen molar-refractivity contribution in [3.05, 3.63) is 200 Å². The summed E-state index contributed by atoms with van der Waals surface area (Å²) >= 11 is 0. The minimum Gasteiger partial charge on any atom is -0.477 e. The van der Waals surface area contributed by atoms with Gasteiger partial charge in [-0.2, -0.15) is 26.3 Å². The number of nitrogens with zero attached hydrogens (tertiary/aromatic N) is 1. The van der Waals surface area contributed by atoms with E-state index < -0.39 is 125 Å². The van der Waals surface area contributed by atoms with Crippen molar-refractivity contribution in [1.29, 1.82) is 0 Å². The Hall–Kier alpha value is -8.95. The predicted molar refractivity (Wildman–Crippen MR) is 299 cm³/mol. The molecule has 6 aromatic rings. The van der Waals surface area contributed by atoms with Crippen molar-refractivity contribution in [2.75, 3.05) is 48.9 Å². The van der Waals surface area contributed by atoms with E-state index in [0.29, 0.717) is 17.3 Å². The number of carbonyl (C=O) groups excluding carboxylic acids is 5. The lowest BCUT2D eigenvalue weighted by Crippen LogP contribution is -2.47. The van der Waals surface area contributed by atoms with Gasteiger partial charge in [0, 0.05) is 63.5 Å². The zero-order valence-electron chi connectivity index (χ0n) is 46.7. The van der Waals surface area contributed by atoms with Gasteiger partial charge in [-0.15, -0.1) is 0 Å². The van der Waals surface area contributed by atoms with E-state index in [-0.39, 0.29) is 82.9 Å². The van der Waals surface area contributed by atoms with Crippen molar-refractivity contribution >= 4 is 58.7 Å². The number of ether oxygens (including phenoxy) is 1. The van der Waals surface area contributed by atoms with Crippen LogP contribution in [-0.2, 0) is 36.9 Å². The molecule has 9 N–H and O–H groups in total. The first-order valence-corrected chi connectivity index (χ1v) is 26.2. The van der Waals surface area contributed by atoms with Gasteiger partial charge in [0.2, 0.25) is 0 Å². The van der Waals surface area contributed by atoms with Crippen LogP contribution >= 0.6 is 0 Å². The van der Waals surface area contributed by atoms with Gasteiger partial charge in [0.1, 0.15) is 29.7 Å². The number of aryl methyl sites for hydroxylation is 3. The van der Waals surface area contributed by atoms with E-state index in [2.05, 4.69) is 27.3 Å². The largest absolute Gasteiger partial charge is 0.477 e. The van der Waals surface area contributed by atoms with E-state index >= 15 is 8.78 Å². The molecule has 2 atom stereocenters. The molecule has 0 spiro atoms. The number of piperidine rings is 1. The van der Waals surface area contributed by atoms with E-state index in [9.17, 15) is 79.9 Å². The van der Waals surface area contributed by atoms with Crippen LogP contribution in [0.15, 0.2) is 116 Å². The second-order valence-corrected chi connectivity index (χ2v) is 19.5. The van der Waals surface area contributed by atoms with Crippen LogP contribution in [0.2, 0.25) is 0 Å². The Balaban J connectivity index is 0.000000240. The van der Waals surface area contributed by atoms with Gasteiger partial charge in [-0.3, -0.25) is 19.2 Å². The molecule has 0 radical (unpaired) electrons. The summed E-state index contributed by atoms with van der Waals surface area (Å²) in [5, 5.41) is 63.7. The normalized spacial score (nSPS) is 13.3. The predicted octanol–water partition coefficient (Wildman–Crippen LogP) is 9.76. The Morgan fingerprint density at radius 2 is 0.954 bits per heavy atom. The molecule has 1 aliphatic heterocycles. The topological polar surface area (TPSA) is 272 Å². The quantitative estimate of drug-likeness (QED) is 0.0287. The molecule has 26 heteroatoms. The molecule has 7 rings (SSSR count). The van der Waals surface area contributed by atoms with Crippen molar-refractivity contribution in [2.24, 2.45) is 0 Å². The molecule has 0 aromatic heterocycles. The molecule has 0 aliphatic carbocycles. The first-order valence-electron chi connectivity index (χ1n) is 26.2. The Bertz CT molecular complexity index is 3540. The van der Waals surface area contributed by atoms with Gasteiger partial charge in [0.25, 0.3) is 23.6 Å². The van der Waals surface area contributed by atoms with Crippen LogP contribution in [0, 0.1) is 38.2 Å². The number of amides is 4. The first kappa shape index (κ1) is 68.8. The fourth-order valence-electron chi connectivity index (χ4n) is 8.47. The van der Waals surface area contributed by atoms with Gasteiger partial charge >= 0.3 is 29.7 Å². The number of esters is 1. The minimum absolute atomic E-state index is 0.00206. The molecule has 0 saturated carbocycles. The van der Waals surface area contributed by atoms with E-state index in [1.54, 1.807) is 0 Å². The SMILES string of the molecule is C=Cc1ccc(C(=O)Nc2ccc(F)c(C)c2)cc1C(F)(F)C(=O)OCC.Cc1cc(NC(=O)c2ccc([C@@H](O)CO)c(C(F)(F)C(=O)N3CCC(O)CC3)c2)ccc1F.Cc1cc(NC(=O)c2ccc([C@@H](O)CO)c(C(F)(F)C(=O)O)c2)ccc1F. The molecule has 6 aromatic carbocycles. The highest BCUT2D eigenvalue weighted by molar-refractivity contribution is 6.06. The average Bonchev–Trinajstić information content (AvgIpc) is 2.54. The zero-order chi connectivity index (χ0) is 64.9. The summed E-state index contributed by atoms with van der Waals surface area (Å²) in [6.07, 6.45) is -2.63. The number of aliphatic hydroxyl groups excluding tert-OH is 5. The van der Waals surface area contributed by atoms with Gasteiger partial charge < -0.3 is 56.2 Å². The molecule has 17 nitrogen and oxygen atoms in total. The maximum atomic E-state index is 15.3. The molecule has 1 fully saturated rings. The second kappa shape index (κ2) is 29.4. The molecule has 0 unspecified atom stereocenters. The maximum Gasteiger partial charge on any atom is 0.382 e. The summed E-state index contributed by atoms with van der Waals surface area (Å²) in [5.74, 6) is -21.8. The van der Waals surface area contributed by atoms with Gasteiger partial charge in [0.05, 0.1) is 25.9 Å². The molecule has 1 saturated heterocycles. The number of rotatable bonds is 18. The van der Waals surface area contributed by atoms with Crippen molar-refractivity contribution in [2.45, 2.75) is 76.6 Å². The lowest BCUT2D eigenvalue weighted by atomic mass is 9.93. The Kier molecular flexibility index (Phi) is 23.3. The summed E-state index contributed by atoms with van der Waals surface area (Å²) in [5.41, 5.74) is -2.59. The number of aliphatic hydroxyl groups is 5. The third-order valence-corrected chi connectivity index (χ3v) is 13.3. The van der Waals surface area contributed by atoms with E-state index in [4.69, 9.17) is 10.2 Å². The van der Waals surface area contributed by atoms with Crippen LogP contribution in [0.4, 0.5) is 56.6 Å². The summed E-state index contributed by atoms with van der Waals surface area (Å²) in [4.78, 5) is 73.5. The van der Waals surface area contributed by atoms with Crippen molar-refractivity contribution in [3.8, 4) is 0 Å². The van der Waals surface area contributed by atoms with Crippen LogP contribution in [0.25, 0.3) is 6.08 Å². The number of alkyl halides is 6. The van der Waals surface area contributed by atoms with Gasteiger partial charge in [-0.05, 0) is 165 Å². The minimum atomic E-state index is -4.39. The molecular formula is C61H59F9N4O13. The number of likely N-dealkylation sites (tertiary alicyclic amines) is 1. The highest BCUT2D eigenvalue weighted by Gasteiger charge is 2.48. The zero-order valence-corrected chi connectivity index (χ0v) is 46.7. The monoisotopic (exact) mass is 1230 g/mol. The van der Waals surface area contributed by atoms with Crippen molar-refractivity contribution in [3.63, 3.8) is 0 Å². The van der Waals surface area contributed by atoms with Crippen molar-refractivity contribution in [1.82, 2.24) is 4.90 Å². The van der Waals surface area contributed by atoms with Crippen LogP contribution in [0.1, 0.15) is 113 Å². The van der Waals surface area contributed by atoms with E-state index in [1.165, 1.54) is 88.4 Å². The van der Waals surface area contributed by atoms with Crippen LogP contribution in [-0.4, -0.2) is 110 Å². The third kappa shape index (κ3) is 16.9. The summed E-state index contributed by atoms with van der Waals surface area (Å²) in [6.45, 7) is 7.26. The standard InChI is InChI=1S/C23H25F3N2O5.C20H18F3NO3.C18H16F3NO5/c1-13-10-15(3-5-19(13)24)27-21(32)14-2-4-17(20(31)12-29)18(11-14)23(25,26)22(33)28-8-6-16(30)7-9-28;1-4-13-6-7-14(11-16(13)20(22,23)19(26)27-5-2)18(25)24-15-8-9-17(21)12(3)10-15;1-9-6-11(3-5-14(9)19)22-16(25)10-2-4-12(15(24)8-23)13(7-10)18(20,21)17(26)27/h2-5,10-11,16,20,29-31H,6-9,12H2,1H3,(H,27,32);4,6-11H,1,5H2,2-3H3,(H,24,25);2-7,15,23-24H,8H2,1H3,(H,22,25)(H,26,27)/t20-;;15-/m0.0/s1. The Morgan fingerprint density at radius 1 is 0.586 bits per heavy atom. The lowest BCUT2D eigenvalue weighted by molar-refractivity contribution is -0.173. The summed E-state index contributed by atoms with van der Waals surface area (Å²) < 4.78 is 132. The number of aliphatic carboxylic acids is 1. The molecular weight excluding hydrogens is 1170 g/mol. The van der Waals surface area contributed by atoms with Gasteiger partial charge in [-0.25, -0.2) is 22.8 Å².